The van der Waals surface area contributed by atoms with E-state index in [0.717, 1.165) is 38.9 Å². The molecule has 0 aliphatic carbocycles. The number of unbranched alkanes of at least 4 members (excludes halogenated alkanes) is 5. The Hall–Kier alpha value is 0.0700. The predicted octanol–water partition coefficient (Wildman–Crippen LogP) is 3.21. The lowest BCUT2D eigenvalue weighted by Crippen LogP contribution is -2.27. The van der Waals surface area contributed by atoms with Gasteiger partial charge >= 0.3 is 0 Å². The molecule has 2 atom stereocenters. The molecule has 2 heterocycles. The van der Waals surface area contributed by atoms with Crippen molar-refractivity contribution in [2.24, 2.45) is 0 Å². The highest BCUT2D eigenvalue weighted by atomic mass is 31.2. The van der Waals surface area contributed by atoms with Crippen molar-refractivity contribution < 1.29 is 9.67 Å². The molecule has 0 aromatic rings. The van der Waals surface area contributed by atoms with Crippen LogP contribution in [0.15, 0.2) is 0 Å². The molecule has 0 saturated carbocycles. The molecular formula is C16H34N3O2P. The highest BCUT2D eigenvalue weighted by Gasteiger charge is 2.63. The van der Waals surface area contributed by atoms with Gasteiger partial charge in [-0.1, -0.05) is 25.7 Å². The van der Waals surface area contributed by atoms with Crippen LogP contribution in [0.5, 0.6) is 0 Å². The number of aliphatic hydroxyl groups excluding tert-OH is 1. The SMILES string of the molecule is CC1(C)CN1P(=O)(NCCCCCCCCO)N1CC1(C)C. The van der Waals surface area contributed by atoms with Crippen molar-refractivity contribution >= 4 is 7.59 Å². The molecule has 2 aliphatic heterocycles. The lowest BCUT2D eigenvalue weighted by molar-refractivity contribution is 0.282. The van der Waals surface area contributed by atoms with E-state index < -0.39 is 7.59 Å². The van der Waals surface area contributed by atoms with Crippen LogP contribution in [0, 0.1) is 0 Å². The summed E-state index contributed by atoms with van der Waals surface area (Å²) >= 11 is 0. The molecule has 0 amide bonds. The third-order valence-corrected chi connectivity index (χ3v) is 8.13. The summed E-state index contributed by atoms with van der Waals surface area (Å²) in [5.41, 5.74) is 0.150. The molecule has 2 fully saturated rings. The highest BCUT2D eigenvalue weighted by Crippen LogP contribution is 2.67. The van der Waals surface area contributed by atoms with Gasteiger partial charge in [0.1, 0.15) is 0 Å². The van der Waals surface area contributed by atoms with Gasteiger partial charge in [-0.05, 0) is 40.5 Å². The van der Waals surface area contributed by atoms with Gasteiger partial charge in [0, 0.05) is 37.3 Å². The second kappa shape index (κ2) is 6.90. The van der Waals surface area contributed by atoms with Crippen LogP contribution >= 0.6 is 7.59 Å². The fourth-order valence-electron chi connectivity index (χ4n) is 3.06. The molecule has 2 unspecified atom stereocenters. The van der Waals surface area contributed by atoms with Crippen LogP contribution in [0.1, 0.15) is 66.2 Å². The van der Waals surface area contributed by atoms with Crippen LogP contribution in [0.3, 0.4) is 0 Å². The van der Waals surface area contributed by atoms with Crippen molar-refractivity contribution in [2.75, 3.05) is 26.2 Å². The first-order valence-corrected chi connectivity index (χ1v) is 10.4. The molecular weight excluding hydrogens is 297 g/mol. The molecule has 0 radical (unpaired) electrons. The Morgan fingerprint density at radius 3 is 1.73 bits per heavy atom. The molecule has 0 aromatic heterocycles. The van der Waals surface area contributed by atoms with E-state index >= 15 is 0 Å². The summed E-state index contributed by atoms with van der Waals surface area (Å²) < 4.78 is 17.8. The average Bonchev–Trinajstić information content (AvgIpc) is 3.28. The molecule has 2 N–H and O–H groups in total. The van der Waals surface area contributed by atoms with Crippen LogP contribution in [-0.2, 0) is 4.57 Å². The number of nitrogens with zero attached hydrogens (tertiary/aromatic N) is 2. The maximum Gasteiger partial charge on any atom is 0.285 e. The van der Waals surface area contributed by atoms with Gasteiger partial charge in [-0.3, -0.25) is 4.57 Å². The number of hydrogen-bond donors (Lipinski definition) is 2. The van der Waals surface area contributed by atoms with E-state index in [4.69, 9.17) is 5.11 Å². The average molecular weight is 331 g/mol. The molecule has 2 rings (SSSR count). The largest absolute Gasteiger partial charge is 0.396 e. The number of rotatable bonds is 11. The maximum absolute atomic E-state index is 13.5. The number of hydrogen-bond acceptors (Lipinski definition) is 2. The molecule has 6 heteroatoms. The zero-order chi connectivity index (χ0) is 16.4. The summed E-state index contributed by atoms with van der Waals surface area (Å²) in [6.07, 6.45) is 6.68. The zero-order valence-electron chi connectivity index (χ0n) is 14.8. The van der Waals surface area contributed by atoms with Crippen LogP contribution < -0.4 is 5.09 Å². The molecule has 22 heavy (non-hydrogen) atoms. The molecule has 5 nitrogen and oxygen atoms in total. The Balaban J connectivity index is 1.72. The van der Waals surface area contributed by atoms with E-state index in [1.54, 1.807) is 0 Å². The van der Waals surface area contributed by atoms with Gasteiger partial charge in [0.25, 0.3) is 7.59 Å². The normalized spacial score (nSPS) is 30.8. The minimum absolute atomic E-state index is 0.0749. The Morgan fingerprint density at radius 1 is 0.909 bits per heavy atom. The van der Waals surface area contributed by atoms with E-state index in [1.807, 2.05) is 0 Å². The van der Waals surface area contributed by atoms with Gasteiger partial charge in [-0.25, -0.2) is 14.4 Å². The summed E-state index contributed by atoms with van der Waals surface area (Å²) in [7, 11) is -2.57. The van der Waals surface area contributed by atoms with E-state index in [2.05, 4.69) is 42.1 Å². The van der Waals surface area contributed by atoms with E-state index in [-0.39, 0.29) is 11.1 Å². The predicted molar refractivity (Wildman–Crippen MR) is 92.0 cm³/mol. The molecule has 0 bridgehead atoms. The first-order chi connectivity index (χ1) is 10.2. The van der Waals surface area contributed by atoms with Crippen LogP contribution in [0.4, 0.5) is 0 Å². The highest BCUT2D eigenvalue weighted by molar-refractivity contribution is 7.57. The van der Waals surface area contributed by atoms with E-state index in [1.165, 1.54) is 19.3 Å². The van der Waals surface area contributed by atoms with Gasteiger partial charge in [-0.2, -0.15) is 0 Å². The van der Waals surface area contributed by atoms with Crippen molar-refractivity contribution in [1.29, 1.82) is 0 Å². The maximum atomic E-state index is 13.5. The molecule has 0 aromatic carbocycles. The van der Waals surface area contributed by atoms with Crippen molar-refractivity contribution in [3.8, 4) is 0 Å². The van der Waals surface area contributed by atoms with Gasteiger partial charge in [-0.15, -0.1) is 0 Å². The topological polar surface area (TPSA) is 55.4 Å². The lowest BCUT2D eigenvalue weighted by atomic mass is 10.1. The van der Waals surface area contributed by atoms with Crippen molar-refractivity contribution in [1.82, 2.24) is 14.4 Å². The minimum atomic E-state index is -2.57. The van der Waals surface area contributed by atoms with Crippen molar-refractivity contribution in [3.63, 3.8) is 0 Å². The first-order valence-electron chi connectivity index (χ1n) is 8.76. The van der Waals surface area contributed by atoms with Gasteiger partial charge in [0.2, 0.25) is 0 Å². The molecule has 2 saturated heterocycles. The molecule has 130 valence electrons. The fourth-order valence-corrected chi connectivity index (χ4v) is 6.65. The summed E-state index contributed by atoms with van der Waals surface area (Å²) in [6.45, 7) is 11.6. The molecule has 2 aliphatic rings. The third kappa shape index (κ3) is 4.33. The summed E-state index contributed by atoms with van der Waals surface area (Å²) in [5, 5.41) is 12.1. The second-order valence-electron chi connectivity index (χ2n) is 8.04. The summed E-state index contributed by atoms with van der Waals surface area (Å²) in [6, 6.07) is 0. The Bertz CT molecular complexity index is 400. The number of aliphatic hydroxyl groups is 1. The van der Waals surface area contributed by atoms with Crippen molar-refractivity contribution in [2.45, 2.75) is 77.3 Å². The van der Waals surface area contributed by atoms with Gasteiger partial charge in [0.05, 0.1) is 0 Å². The molecule has 0 spiro atoms. The standard InChI is InChI=1S/C16H34N3O2P/c1-15(2)13-18(15)22(21,19-14-16(19,3)4)17-11-9-7-5-6-8-10-12-20/h20H,5-14H2,1-4H3,(H,17,21). The summed E-state index contributed by atoms with van der Waals surface area (Å²) in [5.74, 6) is 0. The smallest absolute Gasteiger partial charge is 0.285 e. The van der Waals surface area contributed by atoms with Gasteiger partial charge in [0.15, 0.2) is 0 Å². The monoisotopic (exact) mass is 331 g/mol. The van der Waals surface area contributed by atoms with Crippen molar-refractivity contribution in [3.05, 3.63) is 0 Å². The first kappa shape index (κ1) is 18.4. The van der Waals surface area contributed by atoms with Crippen LogP contribution in [0.2, 0.25) is 0 Å². The minimum Gasteiger partial charge on any atom is -0.396 e. The van der Waals surface area contributed by atoms with Crippen LogP contribution in [-0.4, -0.2) is 51.8 Å². The number of nitrogens with one attached hydrogen (secondary N) is 1. The Morgan fingerprint density at radius 2 is 1.32 bits per heavy atom. The van der Waals surface area contributed by atoms with E-state index in [9.17, 15) is 4.57 Å². The Kier molecular flexibility index (Phi) is 5.77. The zero-order valence-corrected chi connectivity index (χ0v) is 15.7. The Labute approximate surface area is 136 Å². The van der Waals surface area contributed by atoms with Crippen LogP contribution in [0.25, 0.3) is 0 Å². The quantitative estimate of drug-likeness (QED) is 0.346. The van der Waals surface area contributed by atoms with E-state index in [0.29, 0.717) is 6.61 Å². The fraction of sp³-hybridized carbons (Fsp3) is 1.00. The summed E-state index contributed by atoms with van der Waals surface area (Å²) in [4.78, 5) is 0. The lowest BCUT2D eigenvalue weighted by Gasteiger charge is -2.26. The third-order valence-electron chi connectivity index (χ3n) is 4.82. The second-order valence-corrected chi connectivity index (χ2v) is 10.4. The van der Waals surface area contributed by atoms with Gasteiger partial charge < -0.3 is 5.11 Å².